The zero-order valence-electron chi connectivity index (χ0n) is 15.0. The monoisotopic (exact) mass is 371 g/mol. The van der Waals surface area contributed by atoms with Crippen molar-refractivity contribution in [2.45, 2.75) is 32.9 Å². The van der Waals surface area contributed by atoms with Gasteiger partial charge in [-0.2, -0.15) is 4.98 Å². The van der Waals surface area contributed by atoms with Crippen LogP contribution in [0.4, 0.5) is 4.79 Å². The summed E-state index contributed by atoms with van der Waals surface area (Å²) in [4.78, 5) is 20.8. The Morgan fingerprint density at radius 2 is 2.08 bits per heavy atom. The van der Waals surface area contributed by atoms with E-state index < -0.39 is 0 Å². The molecule has 0 bridgehead atoms. The van der Waals surface area contributed by atoms with E-state index in [4.69, 9.17) is 4.74 Å². The van der Waals surface area contributed by atoms with E-state index in [1.165, 1.54) is 0 Å². The molecule has 0 aliphatic carbocycles. The van der Waals surface area contributed by atoms with E-state index in [9.17, 15) is 4.79 Å². The zero-order valence-corrected chi connectivity index (χ0v) is 15.8. The van der Waals surface area contributed by atoms with Crippen molar-refractivity contribution in [1.29, 1.82) is 0 Å². The van der Waals surface area contributed by atoms with Gasteiger partial charge in [-0.25, -0.2) is 9.31 Å². The zero-order chi connectivity index (χ0) is 18.3. The molecule has 1 aliphatic rings. The molecule has 8 heteroatoms. The van der Waals surface area contributed by atoms with Gasteiger partial charge >= 0.3 is 6.03 Å². The number of methoxy groups -OCH3 is 1. The Kier molecular flexibility index (Phi) is 4.28. The average molecular weight is 371 g/mol. The van der Waals surface area contributed by atoms with Crippen LogP contribution in [0.25, 0.3) is 16.3 Å². The molecule has 0 saturated carbocycles. The minimum absolute atomic E-state index is 0.0106. The van der Waals surface area contributed by atoms with Crippen LogP contribution in [-0.2, 0) is 13.0 Å². The minimum atomic E-state index is -0.0106. The van der Waals surface area contributed by atoms with Crippen LogP contribution >= 0.6 is 11.3 Å². The molecule has 0 unspecified atom stereocenters. The number of aromatic nitrogens is 3. The maximum atomic E-state index is 12.2. The van der Waals surface area contributed by atoms with Crippen LogP contribution in [0.15, 0.2) is 24.3 Å². The number of nitrogens with one attached hydrogen (secondary N) is 1. The molecule has 1 N–H and O–H groups in total. The highest BCUT2D eigenvalue weighted by Crippen LogP contribution is 2.30. The van der Waals surface area contributed by atoms with E-state index in [2.05, 4.69) is 15.4 Å². The average Bonchev–Trinajstić information content (AvgIpc) is 3.18. The number of rotatable bonds is 3. The molecule has 2 amide bonds. The van der Waals surface area contributed by atoms with Crippen LogP contribution < -0.4 is 10.1 Å². The number of carbonyl (C=O) groups excluding carboxylic acids is 1. The second-order valence-corrected chi connectivity index (χ2v) is 7.67. The first kappa shape index (κ1) is 16.8. The third kappa shape index (κ3) is 3.01. The number of nitrogens with zero attached hydrogens (tertiary/aromatic N) is 4. The van der Waals surface area contributed by atoms with Crippen molar-refractivity contribution in [1.82, 2.24) is 24.8 Å². The lowest BCUT2D eigenvalue weighted by Gasteiger charge is -2.27. The number of hydrogen-bond donors (Lipinski definition) is 1. The molecule has 1 aliphatic heterocycles. The van der Waals surface area contributed by atoms with Gasteiger partial charge in [0.2, 0.25) is 4.96 Å². The normalized spacial score (nSPS) is 13.9. The van der Waals surface area contributed by atoms with Crippen LogP contribution in [0, 0.1) is 0 Å². The predicted octanol–water partition coefficient (Wildman–Crippen LogP) is 2.94. The highest BCUT2D eigenvalue weighted by atomic mass is 32.1. The van der Waals surface area contributed by atoms with Gasteiger partial charge in [0.05, 0.1) is 19.3 Å². The summed E-state index contributed by atoms with van der Waals surface area (Å²) in [6.45, 7) is 5.24. The van der Waals surface area contributed by atoms with Crippen LogP contribution in [0.3, 0.4) is 0 Å². The van der Waals surface area contributed by atoms with Crippen molar-refractivity contribution in [3.05, 3.63) is 34.8 Å². The maximum absolute atomic E-state index is 12.2. The van der Waals surface area contributed by atoms with Crippen LogP contribution in [0.5, 0.6) is 5.75 Å². The smallest absolute Gasteiger partial charge is 0.317 e. The van der Waals surface area contributed by atoms with Gasteiger partial charge in [0.1, 0.15) is 5.75 Å². The Bertz CT molecular complexity index is 945. The number of ether oxygens (including phenoxy) is 1. The molecule has 3 aromatic rings. The molecule has 0 radical (unpaired) electrons. The van der Waals surface area contributed by atoms with Gasteiger partial charge in [0.15, 0.2) is 5.82 Å². The second kappa shape index (κ2) is 6.60. The Balaban J connectivity index is 1.59. The van der Waals surface area contributed by atoms with Gasteiger partial charge in [-0.05, 0) is 38.1 Å². The minimum Gasteiger partial charge on any atom is -0.497 e. The Hall–Kier alpha value is -2.61. The maximum Gasteiger partial charge on any atom is 0.317 e. The first-order valence-electron chi connectivity index (χ1n) is 8.62. The molecule has 136 valence electrons. The lowest BCUT2D eigenvalue weighted by atomic mass is 10.2. The lowest BCUT2D eigenvalue weighted by molar-refractivity contribution is 0.190. The number of carbonyl (C=O) groups is 1. The summed E-state index contributed by atoms with van der Waals surface area (Å²) in [7, 11) is 1.65. The molecule has 2 aromatic heterocycles. The molecule has 7 nitrogen and oxygen atoms in total. The summed E-state index contributed by atoms with van der Waals surface area (Å²) in [5, 5.41) is 7.64. The van der Waals surface area contributed by atoms with E-state index in [0.717, 1.165) is 33.3 Å². The topological polar surface area (TPSA) is 71.8 Å². The summed E-state index contributed by atoms with van der Waals surface area (Å²) < 4.78 is 7.12. The summed E-state index contributed by atoms with van der Waals surface area (Å²) in [6, 6.07) is 7.86. The molecule has 0 atom stereocenters. The van der Waals surface area contributed by atoms with Crippen LogP contribution in [-0.4, -0.2) is 45.2 Å². The van der Waals surface area contributed by atoms with Gasteiger partial charge in [0, 0.05) is 29.4 Å². The Morgan fingerprint density at radius 1 is 1.31 bits per heavy atom. The quantitative estimate of drug-likeness (QED) is 0.768. The van der Waals surface area contributed by atoms with E-state index in [0.29, 0.717) is 18.9 Å². The van der Waals surface area contributed by atoms with Crippen LogP contribution in [0.1, 0.15) is 24.4 Å². The Morgan fingerprint density at radius 3 is 2.77 bits per heavy atom. The molecular formula is C18H21N5O2S. The standard InChI is InChI=1S/C18H21N5O2S/c1-11(2)19-17(24)22-9-8-14-15(10-22)26-18-20-16(21-23(14)18)12-4-6-13(25-3)7-5-12/h4-7,11H,8-10H2,1-3H3,(H,19,24). The first-order valence-corrected chi connectivity index (χ1v) is 9.44. The van der Waals surface area contributed by atoms with E-state index in [1.54, 1.807) is 18.4 Å². The molecule has 26 heavy (non-hydrogen) atoms. The number of thiazole rings is 1. The van der Waals surface area contributed by atoms with Crippen molar-refractivity contribution in [2.24, 2.45) is 0 Å². The first-order chi connectivity index (χ1) is 12.5. The summed E-state index contributed by atoms with van der Waals surface area (Å²) in [5.41, 5.74) is 2.12. The molecular weight excluding hydrogens is 350 g/mol. The Labute approximate surface area is 155 Å². The molecule has 3 heterocycles. The number of hydrogen-bond acceptors (Lipinski definition) is 5. The molecule has 0 fully saturated rings. The predicted molar refractivity (Wildman–Crippen MR) is 101 cm³/mol. The number of urea groups is 1. The highest BCUT2D eigenvalue weighted by molar-refractivity contribution is 7.17. The molecule has 4 rings (SSSR count). The van der Waals surface area contributed by atoms with Crippen molar-refractivity contribution in [3.8, 4) is 17.1 Å². The lowest BCUT2D eigenvalue weighted by Crippen LogP contribution is -2.45. The number of amides is 2. The fraction of sp³-hybridized carbons (Fsp3) is 0.389. The number of fused-ring (bicyclic) bond motifs is 3. The number of benzene rings is 1. The summed E-state index contributed by atoms with van der Waals surface area (Å²) in [5.74, 6) is 1.52. The van der Waals surface area contributed by atoms with E-state index >= 15 is 0 Å². The largest absolute Gasteiger partial charge is 0.497 e. The van der Waals surface area contributed by atoms with Gasteiger partial charge < -0.3 is 15.0 Å². The van der Waals surface area contributed by atoms with Gasteiger partial charge in [-0.15, -0.1) is 5.10 Å². The van der Waals surface area contributed by atoms with Gasteiger partial charge in [-0.1, -0.05) is 11.3 Å². The second-order valence-electron chi connectivity index (χ2n) is 6.61. The summed E-state index contributed by atoms with van der Waals surface area (Å²) >= 11 is 1.61. The van der Waals surface area contributed by atoms with Crippen molar-refractivity contribution in [2.75, 3.05) is 13.7 Å². The summed E-state index contributed by atoms with van der Waals surface area (Å²) in [6.07, 6.45) is 0.784. The van der Waals surface area contributed by atoms with Crippen molar-refractivity contribution in [3.63, 3.8) is 0 Å². The van der Waals surface area contributed by atoms with Crippen molar-refractivity contribution < 1.29 is 9.53 Å². The van der Waals surface area contributed by atoms with Gasteiger partial charge in [0.25, 0.3) is 0 Å². The fourth-order valence-electron chi connectivity index (χ4n) is 3.06. The third-order valence-electron chi connectivity index (χ3n) is 4.37. The highest BCUT2D eigenvalue weighted by Gasteiger charge is 2.26. The fourth-order valence-corrected chi connectivity index (χ4v) is 4.18. The van der Waals surface area contributed by atoms with E-state index in [1.807, 2.05) is 47.5 Å². The molecule has 0 saturated heterocycles. The van der Waals surface area contributed by atoms with Crippen molar-refractivity contribution >= 4 is 22.3 Å². The molecule has 1 aromatic carbocycles. The van der Waals surface area contributed by atoms with E-state index in [-0.39, 0.29) is 12.1 Å². The third-order valence-corrected chi connectivity index (χ3v) is 5.43. The van der Waals surface area contributed by atoms with Crippen LogP contribution in [0.2, 0.25) is 0 Å². The SMILES string of the molecule is COc1ccc(-c2nc3sc4c(n3n2)CCN(C(=O)NC(C)C)C4)cc1. The molecule has 0 spiro atoms. The van der Waals surface area contributed by atoms with Gasteiger partial charge in [-0.3, -0.25) is 0 Å².